The average Bonchev–Trinajstić information content (AvgIpc) is 2.43. The van der Waals surface area contributed by atoms with E-state index in [0.717, 1.165) is 5.92 Å². The van der Waals surface area contributed by atoms with Crippen LogP contribution in [-0.4, -0.2) is 7.05 Å². The van der Waals surface area contributed by atoms with Crippen molar-refractivity contribution < 1.29 is 0 Å². The number of nitrogens with one attached hydrogen (secondary N) is 1. The summed E-state index contributed by atoms with van der Waals surface area (Å²) < 4.78 is 1.27. The molecule has 1 aliphatic rings. The van der Waals surface area contributed by atoms with Gasteiger partial charge in [0, 0.05) is 15.9 Å². The largest absolute Gasteiger partial charge is 0.313 e. The van der Waals surface area contributed by atoms with E-state index in [-0.39, 0.29) is 0 Å². The minimum Gasteiger partial charge on any atom is -0.313 e. The Balaban J connectivity index is 2.16. The molecule has 1 atom stereocenters. The summed E-state index contributed by atoms with van der Waals surface area (Å²) in [6, 6.07) is 0.564. The molecule has 1 heterocycles. The Morgan fingerprint density at radius 2 is 2.31 bits per heavy atom. The lowest BCUT2D eigenvalue weighted by molar-refractivity contribution is 0.239. The number of thiophene rings is 1. The van der Waals surface area contributed by atoms with Gasteiger partial charge in [0.25, 0.3) is 0 Å². The zero-order chi connectivity index (χ0) is 9.26. The lowest BCUT2D eigenvalue weighted by atomic mass is 9.78. The third kappa shape index (κ3) is 1.83. The maximum Gasteiger partial charge on any atom is 0.0365 e. The summed E-state index contributed by atoms with van der Waals surface area (Å²) in [6.45, 7) is 0. The zero-order valence-corrected chi connectivity index (χ0v) is 10.1. The standard InChI is InChI=1S/C10H14BrNS/c1-12-10(7-3-2-4-7)8-5-13-6-9(8)11/h5-7,10,12H,2-4H2,1H3. The van der Waals surface area contributed by atoms with E-state index in [9.17, 15) is 0 Å². The summed E-state index contributed by atoms with van der Waals surface area (Å²) in [6.07, 6.45) is 4.17. The predicted molar refractivity (Wildman–Crippen MR) is 61.2 cm³/mol. The highest BCUT2D eigenvalue weighted by Crippen LogP contribution is 2.40. The lowest BCUT2D eigenvalue weighted by Gasteiger charge is -2.33. The van der Waals surface area contributed by atoms with Crippen molar-refractivity contribution in [3.63, 3.8) is 0 Å². The molecule has 0 aliphatic heterocycles. The fraction of sp³-hybridized carbons (Fsp3) is 0.600. The first kappa shape index (κ1) is 9.69. The van der Waals surface area contributed by atoms with Gasteiger partial charge in [-0.15, -0.1) is 0 Å². The van der Waals surface area contributed by atoms with E-state index in [4.69, 9.17) is 0 Å². The van der Waals surface area contributed by atoms with Crippen LogP contribution >= 0.6 is 27.3 Å². The molecular formula is C10H14BrNS. The normalized spacial score (nSPS) is 19.8. The van der Waals surface area contributed by atoms with Crippen molar-refractivity contribution in [2.45, 2.75) is 25.3 Å². The first-order valence-electron chi connectivity index (χ1n) is 4.71. The Morgan fingerprint density at radius 1 is 1.54 bits per heavy atom. The molecule has 1 N–H and O–H groups in total. The first-order valence-corrected chi connectivity index (χ1v) is 6.45. The highest BCUT2D eigenvalue weighted by molar-refractivity contribution is 9.10. The molecule has 0 radical (unpaired) electrons. The van der Waals surface area contributed by atoms with E-state index < -0.39 is 0 Å². The van der Waals surface area contributed by atoms with Crippen LogP contribution in [0.15, 0.2) is 15.2 Å². The van der Waals surface area contributed by atoms with E-state index in [1.165, 1.54) is 29.3 Å². The summed E-state index contributed by atoms with van der Waals surface area (Å²) in [5.41, 5.74) is 1.44. The molecule has 1 unspecified atom stereocenters. The van der Waals surface area contributed by atoms with E-state index >= 15 is 0 Å². The molecule has 1 aromatic rings. The molecule has 0 saturated heterocycles. The first-order chi connectivity index (χ1) is 6.33. The lowest BCUT2D eigenvalue weighted by Crippen LogP contribution is -2.29. The van der Waals surface area contributed by atoms with Crippen molar-refractivity contribution >= 4 is 27.3 Å². The molecule has 1 nitrogen and oxygen atoms in total. The van der Waals surface area contributed by atoms with Crippen LogP contribution in [0.2, 0.25) is 0 Å². The predicted octanol–water partition coefficient (Wildman–Crippen LogP) is 3.57. The Hall–Kier alpha value is 0.140. The Labute approximate surface area is 91.7 Å². The Kier molecular flexibility index (Phi) is 3.06. The Morgan fingerprint density at radius 3 is 2.69 bits per heavy atom. The van der Waals surface area contributed by atoms with E-state index in [2.05, 4.69) is 39.1 Å². The molecule has 0 amide bonds. The van der Waals surface area contributed by atoms with Gasteiger partial charge in [-0.25, -0.2) is 0 Å². The van der Waals surface area contributed by atoms with Crippen LogP contribution in [0, 0.1) is 5.92 Å². The van der Waals surface area contributed by atoms with Crippen LogP contribution in [0.5, 0.6) is 0 Å². The summed E-state index contributed by atoms with van der Waals surface area (Å²) >= 11 is 5.37. The van der Waals surface area contributed by atoms with Gasteiger partial charge in [-0.1, -0.05) is 6.42 Å². The van der Waals surface area contributed by atoms with Crippen molar-refractivity contribution in [1.82, 2.24) is 5.32 Å². The van der Waals surface area contributed by atoms with Crippen molar-refractivity contribution in [1.29, 1.82) is 0 Å². The second kappa shape index (κ2) is 4.11. The molecule has 1 aliphatic carbocycles. The smallest absolute Gasteiger partial charge is 0.0365 e. The van der Waals surface area contributed by atoms with Gasteiger partial charge >= 0.3 is 0 Å². The van der Waals surface area contributed by atoms with E-state index in [1.807, 2.05) is 0 Å². The average molecular weight is 260 g/mol. The molecule has 0 bridgehead atoms. The number of rotatable bonds is 3. The van der Waals surface area contributed by atoms with Gasteiger partial charge < -0.3 is 5.32 Å². The summed E-state index contributed by atoms with van der Waals surface area (Å²) in [5.74, 6) is 0.857. The third-order valence-corrected chi connectivity index (χ3v) is 4.66. The van der Waals surface area contributed by atoms with Crippen molar-refractivity contribution in [3.8, 4) is 0 Å². The van der Waals surface area contributed by atoms with Gasteiger partial charge in [0.05, 0.1) is 0 Å². The van der Waals surface area contributed by atoms with Crippen LogP contribution in [0.3, 0.4) is 0 Å². The van der Waals surface area contributed by atoms with Gasteiger partial charge in [-0.05, 0) is 52.7 Å². The number of hydrogen-bond acceptors (Lipinski definition) is 2. The third-order valence-electron chi connectivity index (χ3n) is 2.91. The van der Waals surface area contributed by atoms with Gasteiger partial charge in [0.1, 0.15) is 0 Å². The quantitative estimate of drug-likeness (QED) is 0.876. The SMILES string of the molecule is CNC(c1cscc1Br)C1CCC1. The van der Waals surface area contributed by atoms with Gasteiger partial charge in [0.15, 0.2) is 0 Å². The maximum absolute atomic E-state index is 3.60. The molecule has 2 rings (SSSR count). The highest BCUT2D eigenvalue weighted by Gasteiger charge is 2.28. The van der Waals surface area contributed by atoms with Gasteiger partial charge in [-0.3, -0.25) is 0 Å². The topological polar surface area (TPSA) is 12.0 Å². The van der Waals surface area contributed by atoms with Crippen molar-refractivity contribution in [2.75, 3.05) is 7.05 Å². The van der Waals surface area contributed by atoms with Crippen LogP contribution < -0.4 is 5.32 Å². The molecule has 72 valence electrons. The van der Waals surface area contributed by atoms with E-state index in [0.29, 0.717) is 6.04 Å². The summed E-state index contributed by atoms with van der Waals surface area (Å²) in [7, 11) is 2.06. The molecule has 3 heteroatoms. The minimum atomic E-state index is 0.564. The fourth-order valence-corrected chi connectivity index (χ4v) is 3.51. The van der Waals surface area contributed by atoms with Gasteiger partial charge in [0.2, 0.25) is 0 Å². The van der Waals surface area contributed by atoms with Crippen LogP contribution in [-0.2, 0) is 0 Å². The number of hydrogen-bond donors (Lipinski definition) is 1. The van der Waals surface area contributed by atoms with E-state index in [1.54, 1.807) is 11.3 Å². The molecule has 1 saturated carbocycles. The molecule has 1 fully saturated rings. The van der Waals surface area contributed by atoms with Crippen LogP contribution in [0.4, 0.5) is 0 Å². The summed E-state index contributed by atoms with van der Waals surface area (Å²) in [4.78, 5) is 0. The molecular weight excluding hydrogens is 246 g/mol. The second-order valence-electron chi connectivity index (χ2n) is 3.63. The highest BCUT2D eigenvalue weighted by atomic mass is 79.9. The van der Waals surface area contributed by atoms with Crippen LogP contribution in [0.25, 0.3) is 0 Å². The monoisotopic (exact) mass is 259 g/mol. The van der Waals surface area contributed by atoms with Crippen molar-refractivity contribution in [3.05, 3.63) is 20.8 Å². The summed E-state index contributed by atoms with van der Waals surface area (Å²) in [5, 5.41) is 7.84. The molecule has 13 heavy (non-hydrogen) atoms. The zero-order valence-electron chi connectivity index (χ0n) is 7.72. The minimum absolute atomic E-state index is 0.564. The van der Waals surface area contributed by atoms with Crippen LogP contribution in [0.1, 0.15) is 30.9 Å². The number of halogens is 1. The second-order valence-corrected chi connectivity index (χ2v) is 5.23. The van der Waals surface area contributed by atoms with Crippen molar-refractivity contribution in [2.24, 2.45) is 5.92 Å². The van der Waals surface area contributed by atoms with Gasteiger partial charge in [-0.2, -0.15) is 11.3 Å². The molecule has 1 aromatic heterocycles. The fourth-order valence-electron chi connectivity index (χ4n) is 1.93. The maximum atomic E-state index is 3.60. The molecule has 0 spiro atoms. The Bertz CT molecular complexity index is 280. The molecule has 0 aromatic carbocycles.